The van der Waals surface area contributed by atoms with Gasteiger partial charge in [0.2, 0.25) is 0 Å². The molecule has 2 rings (SSSR count). The zero-order valence-corrected chi connectivity index (χ0v) is 13.4. The minimum Gasteiger partial charge on any atom is -0.321 e. The third kappa shape index (κ3) is 3.21. The van der Waals surface area contributed by atoms with Crippen LogP contribution in [0.15, 0.2) is 16.6 Å². The predicted molar refractivity (Wildman–Crippen MR) is 80.7 cm³/mol. The summed E-state index contributed by atoms with van der Waals surface area (Å²) in [6.07, 6.45) is 1.61. The zero-order chi connectivity index (χ0) is 14.7. The average Bonchev–Trinajstić information content (AvgIpc) is 2.84. The van der Waals surface area contributed by atoms with E-state index in [1.807, 2.05) is 6.92 Å². The molecule has 0 fully saturated rings. The van der Waals surface area contributed by atoms with E-state index in [2.05, 4.69) is 30.8 Å². The van der Waals surface area contributed by atoms with Crippen molar-refractivity contribution in [3.8, 4) is 0 Å². The third-order valence-corrected chi connectivity index (χ3v) is 4.14. The van der Waals surface area contributed by atoms with Gasteiger partial charge in [-0.05, 0) is 58.5 Å². The van der Waals surface area contributed by atoms with E-state index in [0.717, 1.165) is 18.0 Å². The molecule has 1 heterocycles. The molecule has 0 saturated carbocycles. The van der Waals surface area contributed by atoms with E-state index in [0.29, 0.717) is 32.7 Å². The highest BCUT2D eigenvalue weighted by atomic mass is 79.9. The molecule has 0 aliphatic rings. The number of halogens is 2. The molecule has 0 aliphatic heterocycles. The molecule has 20 heavy (non-hydrogen) atoms. The van der Waals surface area contributed by atoms with Crippen LogP contribution in [0.2, 0.25) is 0 Å². The Morgan fingerprint density at radius 2 is 2.25 bits per heavy atom. The lowest BCUT2D eigenvalue weighted by Crippen LogP contribution is -2.13. The maximum atomic E-state index is 13.4. The van der Waals surface area contributed by atoms with E-state index >= 15 is 0 Å². The van der Waals surface area contributed by atoms with Crippen LogP contribution in [0, 0.1) is 12.7 Å². The summed E-state index contributed by atoms with van der Waals surface area (Å²) in [5, 5.41) is 6.74. The van der Waals surface area contributed by atoms with Gasteiger partial charge in [0.25, 0.3) is 5.91 Å². The first-order valence-corrected chi connectivity index (χ1v) is 7.67. The van der Waals surface area contributed by atoms with Crippen molar-refractivity contribution in [3.63, 3.8) is 0 Å². The highest BCUT2D eigenvalue weighted by Gasteiger charge is 2.17. The van der Waals surface area contributed by atoms with Gasteiger partial charge in [-0.15, -0.1) is 5.10 Å². The molecule has 1 N–H and O–H groups in total. The number of hydrogen-bond acceptors (Lipinski definition) is 4. The van der Waals surface area contributed by atoms with Crippen molar-refractivity contribution in [1.82, 2.24) is 9.59 Å². The Bertz CT molecular complexity index is 645. The summed E-state index contributed by atoms with van der Waals surface area (Å²) in [5.41, 5.74) is 1.93. The van der Waals surface area contributed by atoms with Crippen molar-refractivity contribution in [2.24, 2.45) is 0 Å². The minimum atomic E-state index is -0.355. The topological polar surface area (TPSA) is 54.9 Å². The number of carbonyl (C=O) groups excluding carboxylic acids is 1. The Morgan fingerprint density at radius 1 is 1.50 bits per heavy atom. The van der Waals surface area contributed by atoms with Crippen LogP contribution < -0.4 is 5.32 Å². The van der Waals surface area contributed by atoms with E-state index in [9.17, 15) is 9.18 Å². The summed E-state index contributed by atoms with van der Waals surface area (Å²) in [4.78, 5) is 12.7. The Hall–Kier alpha value is -1.34. The molecule has 0 aliphatic carbocycles. The smallest absolute Gasteiger partial charge is 0.269 e. The molecule has 106 valence electrons. The van der Waals surface area contributed by atoms with Crippen molar-refractivity contribution in [2.75, 3.05) is 5.32 Å². The molecule has 0 unspecified atom stereocenters. The maximum Gasteiger partial charge on any atom is 0.269 e. The molecule has 1 aromatic heterocycles. The number of anilines is 1. The molecule has 4 nitrogen and oxygen atoms in total. The van der Waals surface area contributed by atoms with Gasteiger partial charge in [-0.2, -0.15) is 0 Å². The normalized spacial score (nSPS) is 10.6. The van der Waals surface area contributed by atoms with E-state index in [4.69, 9.17) is 0 Å². The van der Waals surface area contributed by atoms with Gasteiger partial charge in [-0.3, -0.25) is 4.79 Å². The number of aryl methyl sites for hydroxylation is 2. The Labute approximate surface area is 128 Å². The Morgan fingerprint density at radius 3 is 2.95 bits per heavy atom. The van der Waals surface area contributed by atoms with Gasteiger partial charge in [-0.1, -0.05) is 17.8 Å². The van der Waals surface area contributed by atoms with Crippen LogP contribution in [-0.4, -0.2) is 15.5 Å². The van der Waals surface area contributed by atoms with Gasteiger partial charge in [0.05, 0.1) is 10.2 Å². The van der Waals surface area contributed by atoms with Crippen LogP contribution in [0.1, 0.15) is 34.3 Å². The number of nitrogens with one attached hydrogen (secondary N) is 1. The SMILES string of the molecule is CCCc1nnsc1C(=O)Nc1cc(Br)c(F)cc1C. The van der Waals surface area contributed by atoms with Crippen LogP contribution in [0.5, 0.6) is 0 Å². The summed E-state index contributed by atoms with van der Waals surface area (Å²) in [6.45, 7) is 3.76. The fraction of sp³-hybridized carbons (Fsp3) is 0.308. The number of amides is 1. The Kier molecular flexibility index (Phi) is 4.82. The van der Waals surface area contributed by atoms with Crippen molar-refractivity contribution in [1.29, 1.82) is 0 Å². The Balaban J connectivity index is 2.23. The molecule has 2 aromatic rings. The summed E-state index contributed by atoms with van der Waals surface area (Å²) in [5.74, 6) is -0.614. The quantitative estimate of drug-likeness (QED) is 0.900. The van der Waals surface area contributed by atoms with Crippen molar-refractivity contribution >= 4 is 39.1 Å². The molecule has 0 saturated heterocycles. The fourth-order valence-electron chi connectivity index (χ4n) is 1.74. The summed E-state index contributed by atoms with van der Waals surface area (Å²) in [7, 11) is 0. The minimum absolute atomic E-state index is 0.259. The fourth-order valence-corrected chi connectivity index (χ4v) is 2.69. The monoisotopic (exact) mass is 357 g/mol. The van der Waals surface area contributed by atoms with Crippen LogP contribution in [0.3, 0.4) is 0 Å². The predicted octanol–water partition coefficient (Wildman–Crippen LogP) is 3.95. The largest absolute Gasteiger partial charge is 0.321 e. The summed E-state index contributed by atoms with van der Waals surface area (Å²) in [6, 6.07) is 2.92. The number of nitrogens with zero attached hydrogens (tertiary/aromatic N) is 2. The maximum absolute atomic E-state index is 13.4. The molecule has 0 radical (unpaired) electrons. The van der Waals surface area contributed by atoms with Crippen LogP contribution in [-0.2, 0) is 6.42 Å². The van der Waals surface area contributed by atoms with E-state index in [1.54, 1.807) is 13.0 Å². The highest BCUT2D eigenvalue weighted by Crippen LogP contribution is 2.25. The van der Waals surface area contributed by atoms with Crippen molar-refractivity contribution in [3.05, 3.63) is 38.6 Å². The van der Waals surface area contributed by atoms with E-state index in [-0.39, 0.29) is 11.7 Å². The van der Waals surface area contributed by atoms with E-state index in [1.165, 1.54) is 6.07 Å². The number of rotatable bonds is 4. The van der Waals surface area contributed by atoms with Gasteiger partial charge in [-0.25, -0.2) is 4.39 Å². The first-order valence-electron chi connectivity index (χ1n) is 6.11. The summed E-state index contributed by atoms with van der Waals surface area (Å²) < 4.78 is 17.5. The van der Waals surface area contributed by atoms with Gasteiger partial charge in [0.15, 0.2) is 0 Å². The number of aromatic nitrogens is 2. The lowest BCUT2D eigenvalue weighted by Gasteiger charge is -2.09. The molecule has 1 aromatic carbocycles. The lowest BCUT2D eigenvalue weighted by molar-refractivity contribution is 0.102. The van der Waals surface area contributed by atoms with Crippen LogP contribution in [0.4, 0.5) is 10.1 Å². The van der Waals surface area contributed by atoms with Crippen LogP contribution in [0.25, 0.3) is 0 Å². The number of carbonyl (C=O) groups is 1. The first-order chi connectivity index (χ1) is 9.52. The number of benzene rings is 1. The van der Waals surface area contributed by atoms with E-state index < -0.39 is 0 Å². The third-order valence-electron chi connectivity index (χ3n) is 2.76. The summed E-state index contributed by atoms with van der Waals surface area (Å²) >= 11 is 4.18. The van der Waals surface area contributed by atoms with Crippen LogP contribution >= 0.6 is 27.5 Å². The van der Waals surface area contributed by atoms with Gasteiger partial charge in [0.1, 0.15) is 10.7 Å². The molecular weight excluding hydrogens is 345 g/mol. The number of hydrogen-bond donors (Lipinski definition) is 1. The first kappa shape index (κ1) is 15.1. The average molecular weight is 358 g/mol. The second-order valence-electron chi connectivity index (χ2n) is 4.33. The van der Waals surface area contributed by atoms with Gasteiger partial charge >= 0.3 is 0 Å². The molecule has 7 heteroatoms. The molecule has 0 bridgehead atoms. The standard InChI is InChI=1S/C13H13BrFN3OS/c1-3-4-10-12(20-18-17-10)13(19)16-11-6-8(14)9(15)5-7(11)2/h5-6H,3-4H2,1-2H3,(H,16,19). The zero-order valence-electron chi connectivity index (χ0n) is 11.0. The van der Waals surface area contributed by atoms with Crippen molar-refractivity contribution < 1.29 is 9.18 Å². The molecule has 0 spiro atoms. The van der Waals surface area contributed by atoms with Gasteiger partial charge in [0, 0.05) is 5.69 Å². The second kappa shape index (κ2) is 6.41. The molecule has 1 amide bonds. The lowest BCUT2D eigenvalue weighted by atomic mass is 10.2. The van der Waals surface area contributed by atoms with Crippen molar-refractivity contribution in [2.45, 2.75) is 26.7 Å². The molecular formula is C13H13BrFN3OS. The highest BCUT2D eigenvalue weighted by molar-refractivity contribution is 9.10. The van der Waals surface area contributed by atoms with Gasteiger partial charge < -0.3 is 5.32 Å². The second-order valence-corrected chi connectivity index (χ2v) is 5.94. The molecule has 0 atom stereocenters.